The Kier molecular flexibility index (Phi) is 4.79. The summed E-state index contributed by atoms with van der Waals surface area (Å²) in [5, 5.41) is 0. The molecule has 1 aromatic carbocycles. The van der Waals surface area contributed by atoms with E-state index in [2.05, 4.69) is 14.4 Å². The predicted octanol–water partition coefficient (Wildman–Crippen LogP) is 5.00. The molecule has 1 unspecified atom stereocenters. The van der Waals surface area contributed by atoms with E-state index in [1.54, 1.807) is 0 Å². The van der Waals surface area contributed by atoms with Crippen molar-refractivity contribution in [2.75, 3.05) is 13.6 Å². The van der Waals surface area contributed by atoms with Crippen molar-refractivity contribution >= 4 is 0 Å². The Bertz CT molecular complexity index is 656. The van der Waals surface area contributed by atoms with E-state index < -0.39 is 24.2 Å². The van der Waals surface area contributed by atoms with Crippen LogP contribution in [0.25, 0.3) is 0 Å². The molecule has 0 amide bonds. The second-order valence-corrected chi connectivity index (χ2v) is 6.91. The smallest absolute Gasteiger partial charge is 0.402 e. The Hall–Kier alpha value is -1.64. The van der Waals surface area contributed by atoms with Gasteiger partial charge in [0.1, 0.15) is 0 Å². The molecule has 2 atom stereocenters. The molecule has 0 aromatic heterocycles. The summed E-state index contributed by atoms with van der Waals surface area (Å²) in [6, 6.07) is 3.57. The van der Waals surface area contributed by atoms with Crippen LogP contribution in [-0.4, -0.2) is 37.3 Å². The molecular formula is C17H19F6NO2. The molecule has 1 heterocycles. The maximum absolute atomic E-state index is 12.7. The number of benzene rings is 1. The second-order valence-electron chi connectivity index (χ2n) is 6.91. The van der Waals surface area contributed by atoms with Crippen molar-refractivity contribution in [1.29, 1.82) is 0 Å². The zero-order valence-electron chi connectivity index (χ0n) is 14.1. The van der Waals surface area contributed by atoms with Gasteiger partial charge in [0, 0.05) is 11.5 Å². The average molecular weight is 383 g/mol. The molecule has 2 fully saturated rings. The first-order valence-corrected chi connectivity index (χ1v) is 8.36. The lowest BCUT2D eigenvalue weighted by molar-refractivity contribution is -0.287. The predicted molar refractivity (Wildman–Crippen MR) is 81.0 cm³/mol. The summed E-state index contributed by atoms with van der Waals surface area (Å²) in [5.74, 6) is -1.95. The summed E-state index contributed by atoms with van der Waals surface area (Å²) in [7, 11) is 1.96. The highest BCUT2D eigenvalue weighted by Gasteiger charge is 2.48. The van der Waals surface area contributed by atoms with Gasteiger partial charge in [-0.3, -0.25) is 0 Å². The second kappa shape index (κ2) is 6.51. The lowest BCUT2D eigenvalue weighted by Gasteiger charge is -2.42. The Labute approximate surface area is 146 Å². The zero-order valence-corrected chi connectivity index (χ0v) is 14.1. The zero-order chi connectivity index (χ0) is 19.2. The van der Waals surface area contributed by atoms with Crippen LogP contribution in [-0.2, 0) is 5.41 Å². The summed E-state index contributed by atoms with van der Waals surface area (Å²) < 4.78 is 83.2. The molecule has 1 aliphatic heterocycles. The minimum atomic E-state index is -5.11. The van der Waals surface area contributed by atoms with Crippen molar-refractivity contribution in [3.05, 3.63) is 23.8 Å². The van der Waals surface area contributed by atoms with Gasteiger partial charge in [-0.15, -0.1) is 26.3 Å². The highest BCUT2D eigenvalue weighted by molar-refractivity contribution is 5.47. The molecule has 1 saturated heterocycles. The number of hydrogen-bond donors (Lipinski definition) is 0. The van der Waals surface area contributed by atoms with Crippen LogP contribution in [0.4, 0.5) is 26.3 Å². The Morgan fingerprint density at radius 1 is 0.962 bits per heavy atom. The van der Waals surface area contributed by atoms with E-state index in [-0.39, 0.29) is 11.5 Å². The number of likely N-dealkylation sites (N-methyl/N-ethyl adjacent to an activating group) is 1. The summed E-state index contributed by atoms with van der Waals surface area (Å²) in [5.41, 5.74) is 0.202. The Balaban J connectivity index is 2.01. The molecule has 3 nitrogen and oxygen atoms in total. The molecule has 0 N–H and O–H groups in total. The third-order valence-electron chi connectivity index (χ3n) is 5.40. The molecule has 3 rings (SSSR count). The SMILES string of the molecule is CN1CC[C@]2(c3ccc(OC(F)(F)F)c(OC(F)(F)F)c3)CCCCC12. The molecule has 26 heavy (non-hydrogen) atoms. The van der Waals surface area contributed by atoms with E-state index in [0.717, 1.165) is 50.8 Å². The van der Waals surface area contributed by atoms with E-state index in [4.69, 9.17) is 0 Å². The maximum atomic E-state index is 12.7. The fourth-order valence-corrected chi connectivity index (χ4v) is 4.40. The van der Waals surface area contributed by atoms with E-state index in [1.807, 2.05) is 7.05 Å². The minimum Gasteiger partial charge on any atom is -0.402 e. The number of ether oxygens (including phenoxy) is 2. The normalized spacial score (nSPS) is 27.3. The average Bonchev–Trinajstić information content (AvgIpc) is 2.85. The van der Waals surface area contributed by atoms with Crippen LogP contribution in [0.5, 0.6) is 11.5 Å². The molecular weight excluding hydrogens is 364 g/mol. The van der Waals surface area contributed by atoms with Gasteiger partial charge >= 0.3 is 12.7 Å². The maximum Gasteiger partial charge on any atom is 0.573 e. The van der Waals surface area contributed by atoms with Crippen molar-refractivity contribution in [3.8, 4) is 11.5 Å². The van der Waals surface area contributed by atoms with Gasteiger partial charge in [-0.05, 0) is 50.6 Å². The van der Waals surface area contributed by atoms with E-state index in [1.165, 1.54) is 6.07 Å². The first kappa shape index (κ1) is 19.1. The number of nitrogens with zero attached hydrogens (tertiary/aromatic N) is 1. The molecule has 1 saturated carbocycles. The Morgan fingerprint density at radius 3 is 2.27 bits per heavy atom. The van der Waals surface area contributed by atoms with Gasteiger partial charge in [-0.1, -0.05) is 18.9 Å². The fraction of sp³-hybridized carbons (Fsp3) is 0.647. The van der Waals surface area contributed by atoms with Gasteiger partial charge in [0.05, 0.1) is 0 Å². The van der Waals surface area contributed by atoms with Crippen LogP contribution in [0, 0.1) is 0 Å². The van der Waals surface area contributed by atoms with E-state index >= 15 is 0 Å². The third kappa shape index (κ3) is 3.87. The van der Waals surface area contributed by atoms with Crippen molar-refractivity contribution in [3.63, 3.8) is 0 Å². The number of alkyl halides is 6. The minimum absolute atomic E-state index is 0.157. The van der Waals surface area contributed by atoms with Gasteiger partial charge in [-0.25, -0.2) is 0 Å². The number of likely N-dealkylation sites (tertiary alicyclic amines) is 1. The number of fused-ring (bicyclic) bond motifs is 1. The van der Waals surface area contributed by atoms with Crippen molar-refractivity contribution in [1.82, 2.24) is 4.90 Å². The van der Waals surface area contributed by atoms with Crippen LogP contribution < -0.4 is 9.47 Å². The Morgan fingerprint density at radius 2 is 1.62 bits per heavy atom. The number of hydrogen-bond acceptors (Lipinski definition) is 3. The van der Waals surface area contributed by atoms with Crippen molar-refractivity contribution in [2.24, 2.45) is 0 Å². The standard InChI is InChI=1S/C17H19F6NO2/c1-24-9-8-15(7-3-2-4-14(15)24)11-5-6-12(25-16(18,19)20)13(10-11)26-17(21,22)23/h5-6,10,14H,2-4,7-9H2,1H3/t14?,15-/m0/s1. The largest absolute Gasteiger partial charge is 0.573 e. The molecule has 146 valence electrons. The van der Waals surface area contributed by atoms with Crippen LogP contribution >= 0.6 is 0 Å². The topological polar surface area (TPSA) is 21.7 Å². The van der Waals surface area contributed by atoms with Crippen LogP contribution in [0.15, 0.2) is 18.2 Å². The first-order chi connectivity index (χ1) is 12.0. The third-order valence-corrected chi connectivity index (χ3v) is 5.40. The van der Waals surface area contributed by atoms with Gasteiger partial charge in [0.2, 0.25) is 0 Å². The summed E-state index contributed by atoms with van der Waals surface area (Å²) in [6.07, 6.45) is -5.82. The van der Waals surface area contributed by atoms with Crippen LogP contribution in [0.1, 0.15) is 37.7 Å². The van der Waals surface area contributed by atoms with Gasteiger partial charge in [0.25, 0.3) is 0 Å². The molecule has 1 aliphatic carbocycles. The summed E-state index contributed by atoms with van der Waals surface area (Å²) >= 11 is 0. The molecule has 0 spiro atoms. The molecule has 0 bridgehead atoms. The van der Waals surface area contributed by atoms with Crippen LogP contribution in [0.3, 0.4) is 0 Å². The van der Waals surface area contributed by atoms with E-state index in [9.17, 15) is 26.3 Å². The van der Waals surface area contributed by atoms with Gasteiger partial charge < -0.3 is 14.4 Å². The first-order valence-electron chi connectivity index (χ1n) is 8.36. The van der Waals surface area contributed by atoms with Crippen molar-refractivity contribution in [2.45, 2.75) is 56.3 Å². The monoisotopic (exact) mass is 383 g/mol. The molecule has 1 aromatic rings. The lowest BCUT2D eigenvalue weighted by Crippen LogP contribution is -2.43. The molecule has 9 heteroatoms. The number of halogens is 6. The molecule has 2 aliphatic rings. The van der Waals surface area contributed by atoms with E-state index in [0.29, 0.717) is 5.56 Å². The summed E-state index contributed by atoms with van der Waals surface area (Å²) in [4.78, 5) is 2.17. The lowest BCUT2D eigenvalue weighted by atomic mass is 9.66. The van der Waals surface area contributed by atoms with Crippen molar-refractivity contribution < 1.29 is 35.8 Å². The van der Waals surface area contributed by atoms with Gasteiger partial charge in [-0.2, -0.15) is 0 Å². The highest BCUT2D eigenvalue weighted by Crippen LogP contribution is 2.50. The quantitative estimate of drug-likeness (QED) is 0.686. The van der Waals surface area contributed by atoms with Crippen LogP contribution in [0.2, 0.25) is 0 Å². The fourth-order valence-electron chi connectivity index (χ4n) is 4.40. The van der Waals surface area contributed by atoms with Gasteiger partial charge in [0.15, 0.2) is 11.5 Å². The number of rotatable bonds is 3. The summed E-state index contributed by atoms with van der Waals surface area (Å²) in [6.45, 7) is 0.793. The molecule has 0 radical (unpaired) electrons. The highest BCUT2D eigenvalue weighted by atomic mass is 19.4.